The van der Waals surface area contributed by atoms with Crippen LogP contribution in [0.1, 0.15) is 31.7 Å². The van der Waals surface area contributed by atoms with E-state index in [2.05, 4.69) is 4.90 Å². The van der Waals surface area contributed by atoms with Crippen molar-refractivity contribution in [3.05, 3.63) is 35.9 Å². The van der Waals surface area contributed by atoms with E-state index in [1.54, 1.807) is 0 Å². The van der Waals surface area contributed by atoms with Gasteiger partial charge in [-0.3, -0.25) is 4.90 Å². The van der Waals surface area contributed by atoms with Gasteiger partial charge in [-0.15, -0.1) is 0 Å². The van der Waals surface area contributed by atoms with Crippen LogP contribution in [0.3, 0.4) is 0 Å². The number of benzene rings is 1. The Bertz CT molecular complexity index is 384. The van der Waals surface area contributed by atoms with E-state index in [1.807, 2.05) is 37.3 Å². The molecule has 1 saturated heterocycles. The van der Waals surface area contributed by atoms with Crippen LogP contribution in [0.5, 0.6) is 0 Å². The van der Waals surface area contributed by atoms with Crippen LogP contribution in [0.15, 0.2) is 30.3 Å². The summed E-state index contributed by atoms with van der Waals surface area (Å²) in [7, 11) is 0. The first-order valence-corrected chi connectivity index (χ1v) is 6.19. The van der Waals surface area contributed by atoms with Gasteiger partial charge in [0, 0.05) is 0 Å². The molecule has 0 spiro atoms. The van der Waals surface area contributed by atoms with E-state index in [-0.39, 0.29) is 0 Å². The number of rotatable bonds is 3. The number of piperidine rings is 1. The second-order valence-corrected chi connectivity index (χ2v) is 4.79. The summed E-state index contributed by atoms with van der Waals surface area (Å²) in [6, 6.07) is 9.54. The first-order valence-electron chi connectivity index (χ1n) is 6.19. The molecule has 1 aliphatic heterocycles. The molecule has 0 bridgehead atoms. The molecule has 1 aromatic rings. The Balaban J connectivity index is 2.35. The Morgan fingerprint density at radius 2 is 1.76 bits per heavy atom. The summed E-state index contributed by atoms with van der Waals surface area (Å²) in [5.74, 6) is -0.759. The maximum Gasteiger partial charge on any atom is 0.328 e. The number of carboxylic acid groups (broad SMARTS) is 1. The van der Waals surface area contributed by atoms with Gasteiger partial charge in [-0.25, -0.2) is 4.79 Å². The van der Waals surface area contributed by atoms with Gasteiger partial charge in [0.15, 0.2) is 0 Å². The molecule has 1 fully saturated rings. The van der Waals surface area contributed by atoms with E-state index < -0.39 is 11.5 Å². The standard InChI is InChI=1S/C14H19NO2/c1-14(13(16)17,12-8-4-2-5-9-12)15-10-6-3-7-11-15/h2,4-5,8-9H,3,6-7,10-11H2,1H3,(H,16,17)/t14-/m0/s1. The molecule has 0 unspecified atom stereocenters. The minimum Gasteiger partial charge on any atom is -0.480 e. The zero-order chi connectivity index (χ0) is 12.3. The van der Waals surface area contributed by atoms with Gasteiger partial charge in [-0.2, -0.15) is 0 Å². The van der Waals surface area contributed by atoms with E-state index in [4.69, 9.17) is 0 Å². The highest BCUT2D eigenvalue weighted by Gasteiger charge is 2.41. The molecule has 0 saturated carbocycles. The van der Waals surface area contributed by atoms with Gasteiger partial charge in [-0.1, -0.05) is 36.8 Å². The molecule has 92 valence electrons. The van der Waals surface area contributed by atoms with E-state index in [0.29, 0.717) is 0 Å². The van der Waals surface area contributed by atoms with Gasteiger partial charge >= 0.3 is 5.97 Å². The molecular weight excluding hydrogens is 214 g/mol. The number of carboxylic acids is 1. The summed E-state index contributed by atoms with van der Waals surface area (Å²) in [6.07, 6.45) is 3.40. The lowest BCUT2D eigenvalue weighted by atomic mass is 9.88. The summed E-state index contributed by atoms with van der Waals surface area (Å²) in [4.78, 5) is 13.8. The van der Waals surface area contributed by atoms with Crippen LogP contribution in [-0.4, -0.2) is 29.1 Å². The first-order chi connectivity index (χ1) is 8.15. The van der Waals surface area contributed by atoms with Gasteiger partial charge in [0.1, 0.15) is 5.54 Å². The smallest absolute Gasteiger partial charge is 0.328 e. The van der Waals surface area contributed by atoms with Gasteiger partial charge in [0.2, 0.25) is 0 Å². The van der Waals surface area contributed by atoms with Crippen LogP contribution >= 0.6 is 0 Å². The maximum atomic E-state index is 11.7. The predicted molar refractivity (Wildman–Crippen MR) is 66.9 cm³/mol. The fourth-order valence-electron chi connectivity index (χ4n) is 2.55. The summed E-state index contributed by atoms with van der Waals surface area (Å²) >= 11 is 0. The SMILES string of the molecule is C[C@@](C(=O)O)(c1ccccc1)N1CCCCC1. The van der Waals surface area contributed by atoms with Crippen LogP contribution in [0, 0.1) is 0 Å². The van der Waals surface area contributed by atoms with Crippen molar-refractivity contribution in [2.75, 3.05) is 13.1 Å². The monoisotopic (exact) mass is 233 g/mol. The Kier molecular flexibility index (Phi) is 3.48. The van der Waals surface area contributed by atoms with E-state index >= 15 is 0 Å². The molecule has 1 aliphatic rings. The third-order valence-corrected chi connectivity index (χ3v) is 3.74. The second-order valence-electron chi connectivity index (χ2n) is 4.79. The molecule has 1 atom stereocenters. The Morgan fingerprint density at radius 1 is 1.18 bits per heavy atom. The molecule has 0 amide bonds. The van der Waals surface area contributed by atoms with Crippen LogP contribution in [-0.2, 0) is 10.3 Å². The summed E-state index contributed by atoms with van der Waals surface area (Å²) < 4.78 is 0. The number of hydrogen-bond acceptors (Lipinski definition) is 2. The third kappa shape index (κ3) is 2.20. The topological polar surface area (TPSA) is 40.5 Å². The molecule has 0 aliphatic carbocycles. The van der Waals surface area contributed by atoms with Crippen LogP contribution in [0.4, 0.5) is 0 Å². The molecule has 2 rings (SSSR count). The minimum atomic E-state index is -0.887. The van der Waals surface area contributed by atoms with E-state index in [1.165, 1.54) is 6.42 Å². The van der Waals surface area contributed by atoms with Crippen molar-refractivity contribution in [2.45, 2.75) is 31.7 Å². The zero-order valence-electron chi connectivity index (χ0n) is 10.2. The predicted octanol–water partition coefficient (Wildman–Crippen LogP) is 2.47. The quantitative estimate of drug-likeness (QED) is 0.872. The summed E-state index contributed by atoms with van der Waals surface area (Å²) in [5, 5.41) is 9.60. The van der Waals surface area contributed by atoms with Crippen molar-refractivity contribution < 1.29 is 9.90 Å². The number of aliphatic carboxylic acids is 1. The Morgan fingerprint density at radius 3 is 2.29 bits per heavy atom. The number of carbonyl (C=O) groups is 1. The third-order valence-electron chi connectivity index (χ3n) is 3.74. The molecule has 17 heavy (non-hydrogen) atoms. The number of likely N-dealkylation sites (tertiary alicyclic amines) is 1. The van der Waals surface area contributed by atoms with Gasteiger partial charge in [0.25, 0.3) is 0 Å². The van der Waals surface area contributed by atoms with E-state index in [9.17, 15) is 9.90 Å². The Hall–Kier alpha value is -1.35. The largest absolute Gasteiger partial charge is 0.480 e. The molecule has 1 aromatic carbocycles. The molecule has 3 heteroatoms. The molecule has 0 radical (unpaired) electrons. The lowest BCUT2D eigenvalue weighted by Crippen LogP contribution is -2.51. The molecule has 3 nitrogen and oxygen atoms in total. The summed E-state index contributed by atoms with van der Waals surface area (Å²) in [6.45, 7) is 3.56. The van der Waals surface area contributed by atoms with Crippen molar-refractivity contribution >= 4 is 5.97 Å². The average Bonchev–Trinajstić information content (AvgIpc) is 2.39. The Labute approximate surface area is 102 Å². The lowest BCUT2D eigenvalue weighted by molar-refractivity contribution is -0.152. The van der Waals surface area contributed by atoms with E-state index in [0.717, 1.165) is 31.5 Å². The normalized spacial score (nSPS) is 20.8. The lowest BCUT2D eigenvalue weighted by Gasteiger charge is -2.40. The first kappa shape index (κ1) is 12.1. The highest BCUT2D eigenvalue weighted by atomic mass is 16.4. The van der Waals surface area contributed by atoms with Crippen molar-refractivity contribution in [3.63, 3.8) is 0 Å². The highest BCUT2D eigenvalue weighted by molar-refractivity contribution is 5.80. The molecule has 1 N–H and O–H groups in total. The summed E-state index contributed by atoms with van der Waals surface area (Å²) in [5.41, 5.74) is -0.0174. The van der Waals surface area contributed by atoms with Crippen LogP contribution < -0.4 is 0 Å². The highest BCUT2D eigenvalue weighted by Crippen LogP contribution is 2.31. The molecule has 0 aromatic heterocycles. The zero-order valence-corrected chi connectivity index (χ0v) is 10.2. The number of nitrogens with zero attached hydrogens (tertiary/aromatic N) is 1. The minimum absolute atomic E-state index is 0.759. The van der Waals surface area contributed by atoms with Crippen molar-refractivity contribution in [3.8, 4) is 0 Å². The van der Waals surface area contributed by atoms with Gasteiger partial charge < -0.3 is 5.11 Å². The van der Waals surface area contributed by atoms with Crippen LogP contribution in [0.25, 0.3) is 0 Å². The molecular formula is C14H19NO2. The average molecular weight is 233 g/mol. The van der Waals surface area contributed by atoms with Crippen molar-refractivity contribution in [2.24, 2.45) is 0 Å². The van der Waals surface area contributed by atoms with Crippen LogP contribution in [0.2, 0.25) is 0 Å². The second kappa shape index (κ2) is 4.88. The maximum absolute atomic E-state index is 11.7. The van der Waals surface area contributed by atoms with Crippen molar-refractivity contribution in [1.82, 2.24) is 4.90 Å². The molecule has 1 heterocycles. The van der Waals surface area contributed by atoms with Crippen molar-refractivity contribution in [1.29, 1.82) is 0 Å². The number of hydrogen-bond donors (Lipinski definition) is 1. The van der Waals surface area contributed by atoms with Gasteiger partial charge in [0.05, 0.1) is 0 Å². The fraction of sp³-hybridized carbons (Fsp3) is 0.500. The fourth-order valence-corrected chi connectivity index (χ4v) is 2.55. The van der Waals surface area contributed by atoms with Gasteiger partial charge in [-0.05, 0) is 38.4 Å².